The highest BCUT2D eigenvalue weighted by Crippen LogP contribution is 2.25. The van der Waals surface area contributed by atoms with Crippen molar-refractivity contribution in [2.24, 2.45) is 5.92 Å². The molecule has 3 aromatic heterocycles. The zero-order valence-electron chi connectivity index (χ0n) is 15.9. The fraction of sp³-hybridized carbons (Fsp3) is 0.500. The number of carbonyl (C=O) groups is 1. The minimum absolute atomic E-state index is 0.0823. The molecule has 0 bridgehead atoms. The molecule has 0 saturated carbocycles. The molecule has 5 rings (SSSR count). The van der Waals surface area contributed by atoms with Crippen LogP contribution in [0.5, 0.6) is 0 Å². The molecule has 0 aromatic carbocycles. The number of nitrogens with zero attached hydrogens (tertiary/aromatic N) is 6. The fourth-order valence-electron chi connectivity index (χ4n) is 4.31. The second kappa shape index (κ2) is 7.26. The van der Waals surface area contributed by atoms with E-state index in [9.17, 15) is 4.79 Å². The molecule has 2 aliphatic heterocycles. The summed E-state index contributed by atoms with van der Waals surface area (Å²) < 4.78 is 1.83. The third-order valence-corrected chi connectivity index (χ3v) is 5.76. The normalized spacial score (nSPS) is 20.2. The summed E-state index contributed by atoms with van der Waals surface area (Å²) in [6.45, 7) is 4.12. The number of amides is 1. The van der Waals surface area contributed by atoms with Crippen molar-refractivity contribution in [3.05, 3.63) is 36.4 Å². The van der Waals surface area contributed by atoms with E-state index in [4.69, 9.17) is 4.98 Å². The maximum absolute atomic E-state index is 12.8. The standard InChI is InChI=1S/C20H25N7O/c28-20(25-9-1-2-10-25)15-5-3-11-26(13-15)18-7-6-16-19(24-18)23-17(22-16)14-27-12-4-8-21-27/h4,6-8,12,15H,1-3,5,9-11,13-14H2,(H,22,23,24). The first kappa shape index (κ1) is 17.2. The molecular formula is C20H25N7O. The van der Waals surface area contributed by atoms with Crippen LogP contribution < -0.4 is 4.90 Å². The molecule has 8 nitrogen and oxygen atoms in total. The smallest absolute Gasteiger partial charge is 0.227 e. The quantitative estimate of drug-likeness (QED) is 0.750. The van der Waals surface area contributed by atoms with Crippen molar-refractivity contribution in [1.82, 2.24) is 29.6 Å². The lowest BCUT2D eigenvalue weighted by atomic mass is 9.96. The van der Waals surface area contributed by atoms with Gasteiger partial charge in [0.05, 0.1) is 18.0 Å². The average Bonchev–Trinajstić information content (AvgIpc) is 3.48. The second-order valence-electron chi connectivity index (χ2n) is 7.75. The molecule has 0 spiro atoms. The highest BCUT2D eigenvalue weighted by molar-refractivity contribution is 5.80. The van der Waals surface area contributed by atoms with Crippen LogP contribution in [0.1, 0.15) is 31.5 Å². The maximum Gasteiger partial charge on any atom is 0.227 e. The molecule has 1 atom stereocenters. The Morgan fingerprint density at radius 3 is 2.86 bits per heavy atom. The molecule has 8 heteroatoms. The van der Waals surface area contributed by atoms with Crippen molar-refractivity contribution in [1.29, 1.82) is 0 Å². The number of pyridine rings is 1. The van der Waals surface area contributed by atoms with Gasteiger partial charge in [-0.25, -0.2) is 9.97 Å². The van der Waals surface area contributed by atoms with Gasteiger partial charge in [0.1, 0.15) is 11.6 Å². The molecular weight excluding hydrogens is 354 g/mol. The third-order valence-electron chi connectivity index (χ3n) is 5.76. The van der Waals surface area contributed by atoms with Crippen LogP contribution in [0.25, 0.3) is 11.2 Å². The first-order chi connectivity index (χ1) is 13.8. The Hall–Kier alpha value is -2.90. The van der Waals surface area contributed by atoms with Crippen LogP contribution in [-0.4, -0.2) is 61.7 Å². The minimum atomic E-state index is 0.0823. The van der Waals surface area contributed by atoms with E-state index in [1.807, 2.05) is 34.0 Å². The molecule has 0 radical (unpaired) electrons. The van der Waals surface area contributed by atoms with Crippen molar-refractivity contribution in [2.75, 3.05) is 31.1 Å². The van der Waals surface area contributed by atoms with E-state index in [0.717, 1.165) is 69.0 Å². The Kier molecular flexibility index (Phi) is 4.46. The summed E-state index contributed by atoms with van der Waals surface area (Å²) in [6, 6.07) is 5.96. The number of piperidine rings is 1. The van der Waals surface area contributed by atoms with E-state index < -0.39 is 0 Å². The molecule has 2 aliphatic rings. The van der Waals surface area contributed by atoms with Gasteiger partial charge < -0.3 is 14.8 Å². The van der Waals surface area contributed by atoms with Crippen LogP contribution in [0.3, 0.4) is 0 Å². The number of H-pyrrole nitrogens is 1. The van der Waals surface area contributed by atoms with Crippen molar-refractivity contribution < 1.29 is 4.79 Å². The van der Waals surface area contributed by atoms with Gasteiger partial charge in [-0.3, -0.25) is 9.48 Å². The first-order valence-electron chi connectivity index (χ1n) is 10.1. The Labute approximate surface area is 163 Å². The molecule has 0 aliphatic carbocycles. The molecule has 3 aromatic rings. The number of anilines is 1. The van der Waals surface area contributed by atoms with Gasteiger partial charge in [0.2, 0.25) is 5.91 Å². The van der Waals surface area contributed by atoms with E-state index in [-0.39, 0.29) is 5.92 Å². The molecule has 2 saturated heterocycles. The second-order valence-corrected chi connectivity index (χ2v) is 7.75. The SMILES string of the molecule is O=C(C1CCCN(c2ccc3[nH]c(Cn4cccn4)nc3n2)C1)N1CCCC1. The molecule has 28 heavy (non-hydrogen) atoms. The number of likely N-dealkylation sites (tertiary alicyclic amines) is 1. The van der Waals surface area contributed by atoms with E-state index in [1.165, 1.54) is 0 Å². The van der Waals surface area contributed by atoms with Crippen LogP contribution >= 0.6 is 0 Å². The summed E-state index contributed by atoms with van der Waals surface area (Å²) in [5, 5.41) is 4.22. The highest BCUT2D eigenvalue weighted by atomic mass is 16.2. The topological polar surface area (TPSA) is 82.9 Å². The van der Waals surface area contributed by atoms with Gasteiger partial charge in [-0.2, -0.15) is 5.10 Å². The lowest BCUT2D eigenvalue weighted by Crippen LogP contribution is -2.44. The molecule has 5 heterocycles. The van der Waals surface area contributed by atoms with Crippen LogP contribution in [0.2, 0.25) is 0 Å². The summed E-state index contributed by atoms with van der Waals surface area (Å²) in [5.74, 6) is 2.15. The largest absolute Gasteiger partial charge is 0.356 e. The number of carbonyl (C=O) groups excluding carboxylic acids is 1. The van der Waals surface area contributed by atoms with Gasteiger partial charge in [0, 0.05) is 38.6 Å². The number of aromatic amines is 1. The van der Waals surface area contributed by atoms with Crippen LogP contribution in [-0.2, 0) is 11.3 Å². The number of aromatic nitrogens is 5. The fourth-order valence-corrected chi connectivity index (χ4v) is 4.31. The number of nitrogens with one attached hydrogen (secondary N) is 1. The van der Waals surface area contributed by atoms with Gasteiger partial charge in [0.15, 0.2) is 5.65 Å². The molecule has 1 amide bonds. The zero-order valence-corrected chi connectivity index (χ0v) is 15.9. The molecule has 1 unspecified atom stereocenters. The summed E-state index contributed by atoms with van der Waals surface area (Å²) in [4.78, 5) is 29.8. The lowest BCUT2D eigenvalue weighted by molar-refractivity contribution is -0.134. The lowest BCUT2D eigenvalue weighted by Gasteiger charge is -2.34. The van der Waals surface area contributed by atoms with Crippen LogP contribution in [0.15, 0.2) is 30.6 Å². The number of imidazole rings is 1. The summed E-state index contributed by atoms with van der Waals surface area (Å²) in [5.41, 5.74) is 1.64. The Morgan fingerprint density at radius 2 is 2.04 bits per heavy atom. The van der Waals surface area contributed by atoms with Gasteiger partial charge in [-0.15, -0.1) is 0 Å². The van der Waals surface area contributed by atoms with Crippen molar-refractivity contribution in [2.45, 2.75) is 32.2 Å². The van der Waals surface area contributed by atoms with E-state index in [1.54, 1.807) is 6.20 Å². The number of fused-ring (bicyclic) bond motifs is 1. The first-order valence-corrected chi connectivity index (χ1v) is 10.1. The minimum Gasteiger partial charge on any atom is -0.356 e. The Bertz CT molecular complexity index is 958. The summed E-state index contributed by atoms with van der Waals surface area (Å²) in [6.07, 6.45) is 7.95. The monoisotopic (exact) mass is 379 g/mol. The maximum atomic E-state index is 12.8. The van der Waals surface area contributed by atoms with Gasteiger partial charge >= 0.3 is 0 Å². The molecule has 1 N–H and O–H groups in total. The van der Waals surface area contributed by atoms with Crippen LogP contribution in [0, 0.1) is 5.92 Å². The van der Waals surface area contributed by atoms with Gasteiger partial charge in [-0.1, -0.05) is 0 Å². The number of hydrogen-bond donors (Lipinski definition) is 1. The predicted molar refractivity (Wildman–Crippen MR) is 106 cm³/mol. The van der Waals surface area contributed by atoms with Crippen LogP contribution in [0.4, 0.5) is 5.82 Å². The number of hydrogen-bond acceptors (Lipinski definition) is 5. The van der Waals surface area contributed by atoms with Gasteiger partial charge in [0.25, 0.3) is 0 Å². The van der Waals surface area contributed by atoms with Crippen molar-refractivity contribution in [3.63, 3.8) is 0 Å². The Balaban J connectivity index is 1.32. The Morgan fingerprint density at radius 1 is 1.14 bits per heavy atom. The van der Waals surface area contributed by atoms with Gasteiger partial charge in [-0.05, 0) is 43.9 Å². The molecule has 146 valence electrons. The highest BCUT2D eigenvalue weighted by Gasteiger charge is 2.31. The van der Waals surface area contributed by atoms with E-state index in [0.29, 0.717) is 18.1 Å². The predicted octanol–water partition coefficient (Wildman–Crippen LogP) is 2.04. The zero-order chi connectivity index (χ0) is 18.9. The van der Waals surface area contributed by atoms with E-state index in [2.05, 4.69) is 20.0 Å². The van der Waals surface area contributed by atoms with E-state index >= 15 is 0 Å². The van der Waals surface area contributed by atoms with Crippen molar-refractivity contribution >= 4 is 22.9 Å². The molecule has 2 fully saturated rings. The average molecular weight is 379 g/mol. The summed E-state index contributed by atoms with van der Waals surface area (Å²) in [7, 11) is 0. The number of rotatable bonds is 4. The summed E-state index contributed by atoms with van der Waals surface area (Å²) >= 11 is 0. The van der Waals surface area contributed by atoms with Crippen molar-refractivity contribution in [3.8, 4) is 0 Å². The third kappa shape index (κ3) is 3.34.